The minimum atomic E-state index is 0.158. The lowest BCUT2D eigenvalue weighted by Crippen LogP contribution is -2.47. The summed E-state index contributed by atoms with van der Waals surface area (Å²) in [5.41, 5.74) is 0. The van der Waals surface area contributed by atoms with Crippen molar-refractivity contribution in [3.05, 3.63) is 18.3 Å². The largest absolute Gasteiger partial charge is 0.493 e. The molecular formula is C25H37N5O3. The lowest BCUT2D eigenvalue weighted by Gasteiger charge is -2.37. The van der Waals surface area contributed by atoms with E-state index in [1.54, 1.807) is 20.4 Å². The van der Waals surface area contributed by atoms with E-state index in [4.69, 9.17) is 9.47 Å². The maximum Gasteiger partial charge on any atom is 0.319 e. The molecule has 2 aliphatic rings. The third kappa shape index (κ3) is 5.09. The molecule has 1 aliphatic carbocycles. The van der Waals surface area contributed by atoms with Crippen molar-refractivity contribution in [3.8, 4) is 11.5 Å². The van der Waals surface area contributed by atoms with Crippen molar-refractivity contribution in [1.82, 2.24) is 20.0 Å². The number of urea groups is 1. The number of rotatable bonds is 6. The van der Waals surface area contributed by atoms with Crippen molar-refractivity contribution < 1.29 is 14.3 Å². The summed E-state index contributed by atoms with van der Waals surface area (Å²) < 4.78 is 10.9. The maximum absolute atomic E-state index is 13.0. The Hall–Kier alpha value is -2.77. The van der Waals surface area contributed by atoms with E-state index in [1.807, 2.05) is 36.0 Å². The van der Waals surface area contributed by atoms with Gasteiger partial charge in [0.1, 0.15) is 0 Å². The molecule has 0 unspecified atom stereocenters. The van der Waals surface area contributed by atoms with Crippen LogP contribution in [0.3, 0.4) is 0 Å². The van der Waals surface area contributed by atoms with Gasteiger partial charge in [-0.25, -0.2) is 4.79 Å². The molecule has 33 heavy (non-hydrogen) atoms. The van der Waals surface area contributed by atoms with Gasteiger partial charge in [-0.05, 0) is 43.7 Å². The molecule has 8 heteroatoms. The van der Waals surface area contributed by atoms with Crippen LogP contribution in [0.1, 0.15) is 44.9 Å². The Bertz CT molecular complexity index is 954. The third-order valence-corrected chi connectivity index (χ3v) is 7.34. The molecule has 0 atom stereocenters. The van der Waals surface area contributed by atoms with E-state index in [0.29, 0.717) is 23.5 Å². The standard InChI is InChI=1S/C25H37N5O3/c1-28(25(31)29(2)20-8-6-5-7-9-20)17-18-10-12-30(13-11-18)24-21-15-23(33-4)22(32-3)14-19(21)16-26-27-24/h14-16,18,20H,5-13,17H2,1-4H3. The number of benzene rings is 1. The second kappa shape index (κ2) is 10.4. The molecule has 2 fully saturated rings. The lowest BCUT2D eigenvalue weighted by atomic mass is 9.94. The van der Waals surface area contributed by atoms with Crippen LogP contribution in [0.25, 0.3) is 10.8 Å². The van der Waals surface area contributed by atoms with Gasteiger partial charge in [0.15, 0.2) is 17.3 Å². The Morgan fingerprint density at radius 1 is 1.03 bits per heavy atom. The molecule has 0 radical (unpaired) electrons. The average Bonchev–Trinajstić information content (AvgIpc) is 2.87. The van der Waals surface area contributed by atoms with E-state index in [-0.39, 0.29) is 6.03 Å². The number of carbonyl (C=O) groups excluding carboxylic acids is 1. The average molecular weight is 456 g/mol. The number of anilines is 1. The predicted octanol–water partition coefficient (Wildman–Crippen LogP) is 4.18. The number of piperidine rings is 1. The number of hydrogen-bond acceptors (Lipinski definition) is 6. The van der Waals surface area contributed by atoms with Gasteiger partial charge in [-0.2, -0.15) is 5.10 Å². The second-order valence-corrected chi connectivity index (χ2v) is 9.46. The van der Waals surface area contributed by atoms with Gasteiger partial charge in [0, 0.05) is 50.5 Å². The van der Waals surface area contributed by atoms with Gasteiger partial charge in [-0.15, -0.1) is 5.10 Å². The molecule has 2 heterocycles. The van der Waals surface area contributed by atoms with Crippen LogP contribution in [0.5, 0.6) is 11.5 Å². The van der Waals surface area contributed by atoms with Gasteiger partial charge >= 0.3 is 6.03 Å². The molecule has 1 aromatic heterocycles. The lowest BCUT2D eigenvalue weighted by molar-refractivity contribution is 0.135. The van der Waals surface area contributed by atoms with Gasteiger partial charge in [0.2, 0.25) is 0 Å². The van der Waals surface area contributed by atoms with Crippen LogP contribution in [-0.4, -0.2) is 80.0 Å². The Kier molecular flexibility index (Phi) is 7.40. The quantitative estimate of drug-likeness (QED) is 0.651. The van der Waals surface area contributed by atoms with Crippen LogP contribution >= 0.6 is 0 Å². The van der Waals surface area contributed by atoms with Crippen molar-refractivity contribution in [1.29, 1.82) is 0 Å². The molecule has 0 N–H and O–H groups in total. The summed E-state index contributed by atoms with van der Waals surface area (Å²) in [6.07, 6.45) is 9.85. The van der Waals surface area contributed by atoms with E-state index in [1.165, 1.54) is 19.3 Å². The number of nitrogens with zero attached hydrogens (tertiary/aromatic N) is 5. The molecule has 180 valence electrons. The van der Waals surface area contributed by atoms with Crippen LogP contribution < -0.4 is 14.4 Å². The highest BCUT2D eigenvalue weighted by Gasteiger charge is 2.28. The highest BCUT2D eigenvalue weighted by Crippen LogP contribution is 2.36. The number of ether oxygens (including phenoxy) is 2. The molecular weight excluding hydrogens is 418 g/mol. The fourth-order valence-electron chi connectivity index (χ4n) is 5.31. The van der Waals surface area contributed by atoms with Crippen molar-refractivity contribution in [2.75, 3.05) is 52.8 Å². The Morgan fingerprint density at radius 3 is 2.36 bits per heavy atom. The fourth-order valence-corrected chi connectivity index (χ4v) is 5.31. The normalized spacial score (nSPS) is 17.8. The monoisotopic (exact) mass is 455 g/mol. The summed E-state index contributed by atoms with van der Waals surface area (Å²) in [5.74, 6) is 2.76. The van der Waals surface area contributed by atoms with E-state index in [9.17, 15) is 4.79 Å². The molecule has 1 aliphatic heterocycles. The minimum Gasteiger partial charge on any atom is -0.493 e. The summed E-state index contributed by atoms with van der Waals surface area (Å²) in [5, 5.41) is 10.7. The van der Waals surface area contributed by atoms with E-state index >= 15 is 0 Å². The molecule has 0 spiro atoms. The van der Waals surface area contributed by atoms with Crippen LogP contribution in [0, 0.1) is 5.92 Å². The highest BCUT2D eigenvalue weighted by atomic mass is 16.5. The van der Waals surface area contributed by atoms with Crippen molar-refractivity contribution in [3.63, 3.8) is 0 Å². The van der Waals surface area contributed by atoms with Crippen molar-refractivity contribution >= 4 is 22.6 Å². The zero-order valence-electron chi connectivity index (χ0n) is 20.4. The highest BCUT2D eigenvalue weighted by molar-refractivity contribution is 5.94. The minimum absolute atomic E-state index is 0.158. The Morgan fingerprint density at radius 2 is 1.70 bits per heavy atom. The SMILES string of the molecule is COc1cc2cnnc(N3CCC(CN(C)C(=O)N(C)C4CCCCC4)CC3)c2cc1OC. The van der Waals surface area contributed by atoms with Gasteiger partial charge in [0.25, 0.3) is 0 Å². The molecule has 2 amide bonds. The third-order valence-electron chi connectivity index (χ3n) is 7.34. The first-order chi connectivity index (χ1) is 16.0. The predicted molar refractivity (Wildman–Crippen MR) is 130 cm³/mol. The number of methoxy groups -OCH3 is 2. The first kappa shape index (κ1) is 23.4. The van der Waals surface area contributed by atoms with Crippen LogP contribution in [0.4, 0.5) is 10.6 Å². The molecule has 1 saturated heterocycles. The topological polar surface area (TPSA) is 71.0 Å². The molecule has 8 nitrogen and oxygen atoms in total. The zero-order chi connectivity index (χ0) is 23.4. The zero-order valence-corrected chi connectivity index (χ0v) is 20.4. The summed E-state index contributed by atoms with van der Waals surface area (Å²) in [7, 11) is 7.20. The first-order valence-corrected chi connectivity index (χ1v) is 12.1. The molecule has 0 bridgehead atoms. The van der Waals surface area contributed by atoms with Crippen LogP contribution in [0.15, 0.2) is 18.3 Å². The number of amides is 2. The number of aromatic nitrogens is 2. The van der Waals surface area contributed by atoms with Gasteiger partial charge in [-0.1, -0.05) is 19.3 Å². The van der Waals surface area contributed by atoms with E-state index < -0.39 is 0 Å². The number of carbonyl (C=O) groups is 1. The van der Waals surface area contributed by atoms with Crippen LogP contribution in [-0.2, 0) is 0 Å². The molecule has 1 aromatic carbocycles. The number of fused-ring (bicyclic) bond motifs is 1. The summed E-state index contributed by atoms with van der Waals surface area (Å²) in [4.78, 5) is 19.2. The maximum atomic E-state index is 13.0. The molecule has 2 aromatic rings. The Balaban J connectivity index is 1.38. The van der Waals surface area contributed by atoms with E-state index in [0.717, 1.165) is 61.9 Å². The van der Waals surface area contributed by atoms with E-state index in [2.05, 4.69) is 15.1 Å². The second-order valence-electron chi connectivity index (χ2n) is 9.46. The van der Waals surface area contributed by atoms with Gasteiger partial charge in [0.05, 0.1) is 20.4 Å². The Labute approximate surface area is 196 Å². The van der Waals surface area contributed by atoms with Crippen molar-refractivity contribution in [2.45, 2.75) is 51.0 Å². The number of hydrogen-bond donors (Lipinski definition) is 0. The first-order valence-electron chi connectivity index (χ1n) is 12.1. The fraction of sp³-hybridized carbons (Fsp3) is 0.640. The summed E-state index contributed by atoms with van der Waals surface area (Å²) in [6, 6.07) is 4.49. The van der Waals surface area contributed by atoms with Gasteiger partial charge < -0.3 is 24.2 Å². The van der Waals surface area contributed by atoms with Gasteiger partial charge in [-0.3, -0.25) is 0 Å². The van der Waals surface area contributed by atoms with Crippen molar-refractivity contribution in [2.24, 2.45) is 5.92 Å². The summed E-state index contributed by atoms with van der Waals surface area (Å²) in [6.45, 7) is 2.59. The molecule has 1 saturated carbocycles. The molecule has 4 rings (SSSR count). The summed E-state index contributed by atoms with van der Waals surface area (Å²) >= 11 is 0. The van der Waals surface area contributed by atoms with Crippen LogP contribution in [0.2, 0.25) is 0 Å². The smallest absolute Gasteiger partial charge is 0.319 e.